The van der Waals surface area contributed by atoms with E-state index in [4.69, 9.17) is 4.74 Å². The summed E-state index contributed by atoms with van der Waals surface area (Å²) >= 11 is 1.20. The van der Waals surface area contributed by atoms with Crippen LogP contribution in [0.5, 0.6) is 11.6 Å². The highest BCUT2D eigenvalue weighted by molar-refractivity contribution is 7.21. The predicted molar refractivity (Wildman–Crippen MR) is 170 cm³/mol. The number of hydrogen-bond donors (Lipinski definition) is 2. The second-order valence-corrected chi connectivity index (χ2v) is 12.3. The molecule has 3 aromatic heterocycles. The second kappa shape index (κ2) is 11.7. The summed E-state index contributed by atoms with van der Waals surface area (Å²) in [7, 11) is 0. The lowest BCUT2D eigenvalue weighted by Gasteiger charge is -2.33. The number of likely N-dealkylation sites (tertiary alicyclic amines) is 1. The lowest BCUT2D eigenvalue weighted by molar-refractivity contribution is -0.128. The molecule has 4 amide bonds. The first kappa shape index (κ1) is 28.5. The van der Waals surface area contributed by atoms with Crippen molar-refractivity contribution in [3.63, 3.8) is 0 Å². The van der Waals surface area contributed by atoms with Crippen molar-refractivity contribution in [1.82, 2.24) is 20.2 Å². The van der Waals surface area contributed by atoms with E-state index in [1.807, 2.05) is 30.3 Å². The van der Waals surface area contributed by atoms with Gasteiger partial charge in [0.1, 0.15) is 27.1 Å². The van der Waals surface area contributed by atoms with Gasteiger partial charge < -0.3 is 20.3 Å². The van der Waals surface area contributed by atoms with E-state index in [9.17, 15) is 19.6 Å². The van der Waals surface area contributed by atoms with Crippen molar-refractivity contribution in [2.75, 3.05) is 23.3 Å². The highest BCUT2D eigenvalue weighted by Crippen LogP contribution is 2.46. The number of aromatic nitrogens is 2. The number of piperidine rings is 1. The number of aryl methyl sites for hydroxylation is 1. The van der Waals surface area contributed by atoms with Crippen molar-refractivity contribution in [3.05, 3.63) is 76.9 Å². The molecule has 1 unspecified atom stereocenters. The van der Waals surface area contributed by atoms with Gasteiger partial charge in [-0.15, -0.1) is 11.3 Å². The maximum Gasteiger partial charge on any atom is 0.331 e. The number of nitrogens with one attached hydrogen (secondary N) is 2. The van der Waals surface area contributed by atoms with Crippen molar-refractivity contribution in [2.45, 2.75) is 38.6 Å². The number of nitrogens with zero attached hydrogens (tertiary/aromatic N) is 5. The van der Waals surface area contributed by atoms with Gasteiger partial charge in [0, 0.05) is 31.4 Å². The van der Waals surface area contributed by atoms with Crippen LogP contribution in [0.1, 0.15) is 41.0 Å². The number of carbonyl (C=O) groups excluding carboxylic acids is 3. The monoisotopic (exact) mass is 619 g/mol. The maximum absolute atomic E-state index is 13.6. The Bertz CT molecular complexity index is 1910. The molecule has 1 aliphatic carbocycles. The van der Waals surface area contributed by atoms with Gasteiger partial charge in [0.15, 0.2) is 0 Å². The topological polar surface area (TPSA) is 141 Å². The number of rotatable bonds is 7. The fourth-order valence-corrected chi connectivity index (χ4v) is 6.79. The number of thiophene rings is 1. The molecule has 226 valence electrons. The van der Waals surface area contributed by atoms with Crippen LogP contribution in [-0.2, 0) is 4.79 Å². The van der Waals surface area contributed by atoms with Gasteiger partial charge in [0.05, 0.1) is 28.1 Å². The van der Waals surface area contributed by atoms with E-state index >= 15 is 0 Å². The summed E-state index contributed by atoms with van der Waals surface area (Å²) in [5, 5.41) is 16.2. The minimum Gasteiger partial charge on any atom is -0.439 e. The molecule has 45 heavy (non-hydrogen) atoms. The Morgan fingerprint density at radius 1 is 1.13 bits per heavy atom. The minimum atomic E-state index is -0.426. The third-order valence-corrected chi connectivity index (χ3v) is 9.21. The minimum absolute atomic E-state index is 0.174. The summed E-state index contributed by atoms with van der Waals surface area (Å²) in [6.45, 7) is 2.66. The van der Waals surface area contributed by atoms with Crippen LogP contribution in [-0.4, -0.2) is 51.8 Å². The van der Waals surface area contributed by atoms with Gasteiger partial charge >= 0.3 is 6.03 Å². The third kappa shape index (κ3) is 5.58. The predicted octanol–water partition coefficient (Wildman–Crippen LogP) is 6.06. The largest absolute Gasteiger partial charge is 0.439 e. The molecule has 0 radical (unpaired) electrons. The molecule has 0 bridgehead atoms. The summed E-state index contributed by atoms with van der Waals surface area (Å²) in [5.74, 6) is 0.738. The Morgan fingerprint density at radius 3 is 2.71 bits per heavy atom. The highest BCUT2D eigenvalue weighted by atomic mass is 32.1. The second-order valence-electron chi connectivity index (χ2n) is 11.3. The van der Waals surface area contributed by atoms with Crippen LogP contribution in [0, 0.1) is 24.2 Å². The molecule has 2 aliphatic heterocycles. The van der Waals surface area contributed by atoms with E-state index in [1.54, 1.807) is 42.3 Å². The molecule has 5 heterocycles. The zero-order valence-electron chi connectivity index (χ0n) is 24.4. The van der Waals surface area contributed by atoms with E-state index < -0.39 is 6.03 Å². The Hall–Kier alpha value is -5.28. The first-order chi connectivity index (χ1) is 21.9. The molecule has 1 saturated carbocycles. The number of para-hydroxylation sites is 1. The van der Waals surface area contributed by atoms with Gasteiger partial charge in [-0.05, 0) is 62.8 Å². The maximum atomic E-state index is 13.6. The van der Waals surface area contributed by atoms with E-state index in [1.165, 1.54) is 16.2 Å². The van der Waals surface area contributed by atoms with Gasteiger partial charge in [-0.2, -0.15) is 5.26 Å². The molecule has 4 aromatic rings. The summed E-state index contributed by atoms with van der Waals surface area (Å²) in [4.78, 5) is 53.5. The molecule has 12 heteroatoms. The van der Waals surface area contributed by atoms with Crippen LogP contribution in [0.25, 0.3) is 10.2 Å². The van der Waals surface area contributed by atoms with Crippen LogP contribution in [0.15, 0.2) is 66.4 Å². The summed E-state index contributed by atoms with van der Waals surface area (Å²) in [6, 6.07) is 15.9. The number of anilines is 3. The van der Waals surface area contributed by atoms with Crippen LogP contribution in [0.3, 0.4) is 0 Å². The molecule has 1 aromatic carbocycles. The standard InChI is InChI=1S/C33H29N7O4S/c1-19-24(11-12-26(36-19)44-23-7-3-2-4-8-23)40-25-13-14-35-31-27(25)28(38-33(40)43)29(45-31)30(41)37-22-6-5-15-39(18-22)32(42)21(17-34)16-20-9-10-20/h2-4,7-8,11-14,16,20,22H,5-6,9-10,15,18H2,1H3,(H,37,41)(H,38,43). The molecule has 11 nitrogen and oxygen atoms in total. The van der Waals surface area contributed by atoms with Crippen molar-refractivity contribution >= 4 is 56.5 Å². The van der Waals surface area contributed by atoms with E-state index in [0.29, 0.717) is 81.3 Å². The average molecular weight is 620 g/mol. The smallest absolute Gasteiger partial charge is 0.331 e. The Balaban J connectivity index is 1.12. The average Bonchev–Trinajstić information content (AvgIpc) is 3.80. The lowest BCUT2D eigenvalue weighted by Crippen LogP contribution is -2.50. The van der Waals surface area contributed by atoms with Gasteiger partial charge in [-0.3, -0.25) is 14.5 Å². The number of pyridine rings is 2. The zero-order chi connectivity index (χ0) is 31.1. The molecular weight excluding hydrogens is 590 g/mol. The number of hydrogen-bond acceptors (Lipinski definition) is 8. The Labute approximate surface area is 263 Å². The van der Waals surface area contributed by atoms with Gasteiger partial charge in [-0.25, -0.2) is 14.8 Å². The Kier molecular flexibility index (Phi) is 7.39. The van der Waals surface area contributed by atoms with Crippen LogP contribution in [0.4, 0.5) is 21.9 Å². The number of nitriles is 1. The van der Waals surface area contributed by atoms with Crippen LogP contribution in [0.2, 0.25) is 0 Å². The summed E-state index contributed by atoms with van der Waals surface area (Å²) in [5.41, 5.74) is 2.34. The van der Waals surface area contributed by atoms with Crippen molar-refractivity contribution in [3.8, 4) is 17.7 Å². The third-order valence-electron chi connectivity index (χ3n) is 8.11. The number of ether oxygens (including phenoxy) is 1. The highest BCUT2D eigenvalue weighted by Gasteiger charge is 2.35. The number of amides is 4. The first-order valence-electron chi connectivity index (χ1n) is 14.8. The quantitative estimate of drug-likeness (QED) is 0.189. The normalized spacial score (nSPS) is 17.9. The number of benzene rings is 1. The Morgan fingerprint density at radius 2 is 1.96 bits per heavy atom. The zero-order valence-corrected chi connectivity index (χ0v) is 25.3. The van der Waals surface area contributed by atoms with Crippen molar-refractivity contribution < 1.29 is 19.1 Å². The van der Waals surface area contributed by atoms with E-state index in [2.05, 4.69) is 26.7 Å². The summed E-state index contributed by atoms with van der Waals surface area (Å²) in [6.07, 6.45) is 6.81. The number of allylic oxidation sites excluding steroid dienone is 1. The van der Waals surface area contributed by atoms with Crippen LogP contribution < -0.4 is 20.3 Å². The van der Waals surface area contributed by atoms with Gasteiger partial charge in [0.2, 0.25) is 5.88 Å². The molecule has 2 fully saturated rings. The molecular formula is C33H29N7O4S. The van der Waals surface area contributed by atoms with E-state index in [-0.39, 0.29) is 23.4 Å². The fraction of sp³-hybridized carbons (Fsp3) is 0.273. The van der Waals surface area contributed by atoms with Gasteiger partial charge in [0.25, 0.3) is 11.8 Å². The number of carbonyl (C=O) groups is 3. The van der Waals surface area contributed by atoms with Crippen LogP contribution >= 0.6 is 11.3 Å². The SMILES string of the molecule is Cc1nc(Oc2ccccc2)ccc1N1C(=O)Nc2c(C(=O)NC3CCCN(C(=O)C(C#N)=CC4CC4)C3)sc3nccc1c23. The molecule has 7 rings (SSSR count). The molecule has 3 aliphatic rings. The molecule has 2 N–H and O–H groups in total. The first-order valence-corrected chi connectivity index (χ1v) is 15.7. The number of urea groups is 1. The fourth-order valence-electron chi connectivity index (χ4n) is 5.77. The lowest BCUT2D eigenvalue weighted by atomic mass is 10.0. The molecule has 1 atom stereocenters. The molecule has 0 spiro atoms. The van der Waals surface area contributed by atoms with E-state index in [0.717, 1.165) is 12.8 Å². The van der Waals surface area contributed by atoms with Gasteiger partial charge in [-0.1, -0.05) is 24.3 Å². The molecule has 1 saturated heterocycles. The van der Waals surface area contributed by atoms with Crippen molar-refractivity contribution in [2.24, 2.45) is 5.92 Å². The van der Waals surface area contributed by atoms with Crippen molar-refractivity contribution in [1.29, 1.82) is 5.26 Å². The summed E-state index contributed by atoms with van der Waals surface area (Å²) < 4.78 is 5.87.